The van der Waals surface area contributed by atoms with E-state index in [1.165, 1.54) is 19.2 Å². The predicted octanol–water partition coefficient (Wildman–Crippen LogP) is 1.81. The Hall–Kier alpha value is -1.54. The minimum atomic E-state index is -0.654. The van der Waals surface area contributed by atoms with E-state index in [4.69, 9.17) is 5.26 Å². The molecule has 1 N–H and O–H groups in total. The van der Waals surface area contributed by atoms with Crippen LogP contribution in [0.1, 0.15) is 15.9 Å². The number of hydrogen-bond donors (Lipinski definition) is 1. The molecule has 0 aliphatic heterocycles. The molecule has 0 radical (unpaired) electrons. The Morgan fingerprint density at radius 1 is 1.64 bits per heavy atom. The van der Waals surface area contributed by atoms with Crippen molar-refractivity contribution in [3.05, 3.63) is 27.7 Å². The molecule has 1 rings (SSSR count). The van der Waals surface area contributed by atoms with E-state index >= 15 is 0 Å². The van der Waals surface area contributed by atoms with Gasteiger partial charge in [-0.3, -0.25) is 0 Å². The molecule has 0 saturated carbocycles. The molecule has 0 aliphatic carbocycles. The summed E-state index contributed by atoms with van der Waals surface area (Å²) in [4.78, 5) is 11.2. The van der Waals surface area contributed by atoms with Gasteiger partial charge in [-0.2, -0.15) is 5.26 Å². The van der Waals surface area contributed by atoms with E-state index in [9.17, 15) is 9.90 Å². The molecule has 0 atom stereocenters. The number of esters is 1. The van der Waals surface area contributed by atoms with Crippen molar-refractivity contribution >= 4 is 21.9 Å². The molecule has 0 aromatic heterocycles. The zero-order chi connectivity index (χ0) is 10.7. The van der Waals surface area contributed by atoms with Crippen LogP contribution >= 0.6 is 15.9 Å². The van der Waals surface area contributed by atoms with Gasteiger partial charge in [0.15, 0.2) is 0 Å². The smallest absolute Gasteiger partial charge is 0.342 e. The van der Waals surface area contributed by atoms with Gasteiger partial charge in [-0.05, 0) is 28.1 Å². The number of halogens is 1. The van der Waals surface area contributed by atoms with E-state index < -0.39 is 5.97 Å². The lowest BCUT2D eigenvalue weighted by molar-refractivity contribution is 0.0596. The van der Waals surface area contributed by atoms with E-state index in [1.807, 2.05) is 6.07 Å². The summed E-state index contributed by atoms with van der Waals surface area (Å²) in [7, 11) is 1.21. The number of nitrogens with zero attached hydrogens (tertiary/aromatic N) is 1. The summed E-state index contributed by atoms with van der Waals surface area (Å²) in [5.74, 6) is -0.929. The van der Waals surface area contributed by atoms with Crippen LogP contribution in [0, 0.1) is 11.3 Å². The Morgan fingerprint density at radius 3 is 2.71 bits per heavy atom. The highest BCUT2D eigenvalue weighted by atomic mass is 79.9. The number of rotatable bonds is 1. The van der Waals surface area contributed by atoms with Crippen LogP contribution in [0.25, 0.3) is 0 Å². The molecule has 5 heteroatoms. The number of phenolic OH excluding ortho intramolecular Hbond substituents is 1. The molecule has 1 aromatic rings. The van der Waals surface area contributed by atoms with Crippen molar-refractivity contribution in [1.82, 2.24) is 0 Å². The van der Waals surface area contributed by atoms with Crippen LogP contribution in [0.15, 0.2) is 16.6 Å². The molecule has 0 bridgehead atoms. The molecule has 0 fully saturated rings. The van der Waals surface area contributed by atoms with Gasteiger partial charge in [0, 0.05) is 4.47 Å². The summed E-state index contributed by atoms with van der Waals surface area (Å²) in [6.45, 7) is 0. The van der Waals surface area contributed by atoms with Crippen LogP contribution < -0.4 is 0 Å². The second kappa shape index (κ2) is 4.11. The first-order valence-corrected chi connectivity index (χ1v) is 4.40. The van der Waals surface area contributed by atoms with E-state index in [0.717, 1.165) is 0 Å². The highest BCUT2D eigenvalue weighted by Gasteiger charge is 2.16. The average molecular weight is 256 g/mol. The number of carbonyl (C=O) groups excluding carboxylic acids is 1. The fourth-order valence-corrected chi connectivity index (χ4v) is 1.57. The molecule has 0 unspecified atom stereocenters. The van der Waals surface area contributed by atoms with E-state index in [-0.39, 0.29) is 16.9 Å². The Bertz CT molecular complexity index is 400. The summed E-state index contributed by atoms with van der Waals surface area (Å²) in [5, 5.41) is 18.0. The summed E-state index contributed by atoms with van der Waals surface area (Å²) >= 11 is 3.07. The molecule has 0 amide bonds. The predicted molar refractivity (Wildman–Crippen MR) is 51.9 cm³/mol. The van der Waals surface area contributed by atoms with Crippen LogP contribution in [-0.4, -0.2) is 18.2 Å². The molecule has 0 heterocycles. The van der Waals surface area contributed by atoms with Crippen molar-refractivity contribution in [2.45, 2.75) is 0 Å². The molecule has 72 valence electrons. The van der Waals surface area contributed by atoms with Crippen molar-refractivity contribution in [2.24, 2.45) is 0 Å². The van der Waals surface area contributed by atoms with Crippen molar-refractivity contribution < 1.29 is 14.6 Å². The van der Waals surface area contributed by atoms with Gasteiger partial charge in [-0.1, -0.05) is 0 Å². The molecule has 0 saturated heterocycles. The lowest BCUT2D eigenvalue weighted by atomic mass is 10.1. The van der Waals surface area contributed by atoms with Gasteiger partial charge in [-0.25, -0.2) is 4.79 Å². The minimum Gasteiger partial charge on any atom is -0.507 e. The molecule has 1 aromatic carbocycles. The van der Waals surface area contributed by atoms with Crippen molar-refractivity contribution in [1.29, 1.82) is 5.26 Å². The third-order valence-corrected chi connectivity index (χ3v) is 2.21. The van der Waals surface area contributed by atoms with Crippen LogP contribution in [-0.2, 0) is 4.74 Å². The number of hydrogen-bond acceptors (Lipinski definition) is 4. The van der Waals surface area contributed by atoms with Crippen LogP contribution in [0.2, 0.25) is 0 Å². The first kappa shape index (κ1) is 10.5. The van der Waals surface area contributed by atoms with E-state index in [1.54, 1.807) is 0 Å². The Kier molecular flexibility index (Phi) is 3.10. The molecule has 0 aliphatic rings. The first-order valence-electron chi connectivity index (χ1n) is 3.61. The highest BCUT2D eigenvalue weighted by molar-refractivity contribution is 9.10. The normalized spacial score (nSPS) is 9.21. The zero-order valence-corrected chi connectivity index (χ0v) is 8.83. The highest BCUT2D eigenvalue weighted by Crippen LogP contribution is 2.28. The van der Waals surface area contributed by atoms with Gasteiger partial charge in [0.2, 0.25) is 0 Å². The molecular formula is C9H6BrNO3. The van der Waals surface area contributed by atoms with Gasteiger partial charge >= 0.3 is 5.97 Å². The third kappa shape index (κ3) is 1.86. The molecule has 0 spiro atoms. The van der Waals surface area contributed by atoms with Crippen LogP contribution in [0.3, 0.4) is 0 Å². The molecular weight excluding hydrogens is 250 g/mol. The SMILES string of the molecule is COC(=O)c1c(O)cc(C#N)cc1Br. The monoisotopic (exact) mass is 255 g/mol. The standard InChI is InChI=1S/C9H6BrNO3/c1-14-9(13)8-6(10)2-5(4-11)3-7(8)12/h2-3,12H,1H3. The maximum atomic E-state index is 11.2. The van der Waals surface area contributed by atoms with Crippen LogP contribution in [0.4, 0.5) is 0 Å². The largest absolute Gasteiger partial charge is 0.507 e. The number of aromatic hydroxyl groups is 1. The number of nitriles is 1. The first-order chi connectivity index (χ1) is 6.60. The summed E-state index contributed by atoms with van der Waals surface area (Å²) in [6, 6.07) is 4.49. The number of benzene rings is 1. The fourth-order valence-electron chi connectivity index (χ4n) is 0.961. The fraction of sp³-hybridized carbons (Fsp3) is 0.111. The number of phenols is 1. The Morgan fingerprint density at radius 2 is 2.29 bits per heavy atom. The summed E-state index contributed by atoms with van der Waals surface area (Å²) in [6.07, 6.45) is 0. The Labute approximate surface area is 88.9 Å². The van der Waals surface area contributed by atoms with E-state index in [2.05, 4.69) is 20.7 Å². The number of ether oxygens (including phenoxy) is 1. The number of carbonyl (C=O) groups is 1. The second-order valence-electron chi connectivity index (χ2n) is 2.46. The lowest BCUT2D eigenvalue weighted by Gasteiger charge is -2.05. The van der Waals surface area contributed by atoms with Gasteiger partial charge in [-0.15, -0.1) is 0 Å². The maximum absolute atomic E-state index is 11.2. The second-order valence-corrected chi connectivity index (χ2v) is 3.31. The van der Waals surface area contributed by atoms with Crippen molar-refractivity contribution in [2.75, 3.05) is 7.11 Å². The van der Waals surface area contributed by atoms with Crippen LogP contribution in [0.5, 0.6) is 5.75 Å². The molecule has 4 nitrogen and oxygen atoms in total. The van der Waals surface area contributed by atoms with Gasteiger partial charge in [0.25, 0.3) is 0 Å². The van der Waals surface area contributed by atoms with Gasteiger partial charge in [0.05, 0.1) is 18.7 Å². The van der Waals surface area contributed by atoms with Gasteiger partial charge < -0.3 is 9.84 Å². The topological polar surface area (TPSA) is 70.3 Å². The maximum Gasteiger partial charge on any atom is 0.342 e. The number of methoxy groups -OCH3 is 1. The van der Waals surface area contributed by atoms with Crippen molar-refractivity contribution in [3.63, 3.8) is 0 Å². The van der Waals surface area contributed by atoms with Gasteiger partial charge in [0.1, 0.15) is 11.3 Å². The third-order valence-electron chi connectivity index (χ3n) is 1.59. The average Bonchev–Trinajstić information content (AvgIpc) is 2.16. The summed E-state index contributed by atoms with van der Waals surface area (Å²) < 4.78 is 4.79. The quantitative estimate of drug-likeness (QED) is 0.778. The lowest BCUT2D eigenvalue weighted by Crippen LogP contribution is -2.03. The minimum absolute atomic E-state index is 0.0199. The zero-order valence-electron chi connectivity index (χ0n) is 7.24. The van der Waals surface area contributed by atoms with Crippen molar-refractivity contribution in [3.8, 4) is 11.8 Å². The summed E-state index contributed by atoms with van der Waals surface area (Å²) in [5.41, 5.74) is 0.286. The Balaban J connectivity index is 3.34. The molecule has 14 heavy (non-hydrogen) atoms. The van der Waals surface area contributed by atoms with E-state index in [0.29, 0.717) is 4.47 Å².